The average molecular weight is 404 g/mol. The van der Waals surface area contributed by atoms with E-state index in [1.165, 1.54) is 4.88 Å². The molecule has 152 valence electrons. The van der Waals surface area contributed by atoms with Gasteiger partial charge in [-0.15, -0.1) is 11.3 Å². The maximum atomic E-state index is 5.79. The van der Waals surface area contributed by atoms with E-state index in [-0.39, 0.29) is 0 Å². The molecule has 2 aromatic rings. The Morgan fingerprint density at radius 3 is 2.93 bits per heavy atom. The molecule has 0 radical (unpaired) electrons. The maximum absolute atomic E-state index is 5.79. The van der Waals surface area contributed by atoms with Gasteiger partial charge in [-0.2, -0.15) is 0 Å². The summed E-state index contributed by atoms with van der Waals surface area (Å²) in [6.45, 7) is 6.37. The summed E-state index contributed by atoms with van der Waals surface area (Å²) in [6, 6.07) is 10.1. The number of fused-ring (bicyclic) bond motifs is 1. The van der Waals surface area contributed by atoms with Crippen molar-refractivity contribution in [2.45, 2.75) is 26.2 Å². The van der Waals surface area contributed by atoms with Gasteiger partial charge >= 0.3 is 0 Å². The summed E-state index contributed by atoms with van der Waals surface area (Å²) in [5.74, 6) is 2.34. The van der Waals surface area contributed by atoms with Crippen molar-refractivity contribution in [1.29, 1.82) is 0 Å². The first-order valence-corrected chi connectivity index (χ1v) is 10.8. The number of hydrogen-bond acceptors (Lipinski definition) is 5. The highest BCUT2D eigenvalue weighted by Gasteiger charge is 2.11. The standard InChI is InChI=1S/C21H29N3O3S/c1-2-25-12-4-10-22-21(23-11-9-18-6-3-15-28-18)24-17-7-8-19-20(16-17)27-14-5-13-26-19/h3,6-8,15-16H,2,4-5,9-14H2,1H3,(H2,22,23,24). The van der Waals surface area contributed by atoms with Gasteiger partial charge in [0.15, 0.2) is 17.5 Å². The van der Waals surface area contributed by atoms with Crippen LogP contribution in [0.5, 0.6) is 11.5 Å². The van der Waals surface area contributed by atoms with E-state index in [9.17, 15) is 0 Å². The van der Waals surface area contributed by atoms with Crippen molar-refractivity contribution in [2.75, 3.05) is 44.8 Å². The molecule has 0 saturated heterocycles. The van der Waals surface area contributed by atoms with Crippen LogP contribution < -0.4 is 20.1 Å². The molecule has 7 heteroatoms. The highest BCUT2D eigenvalue weighted by Crippen LogP contribution is 2.32. The van der Waals surface area contributed by atoms with E-state index in [0.29, 0.717) is 19.8 Å². The Kier molecular flexibility index (Phi) is 8.46. The third-order valence-electron chi connectivity index (χ3n) is 4.18. The van der Waals surface area contributed by atoms with E-state index in [4.69, 9.17) is 14.2 Å². The number of nitrogens with zero attached hydrogens (tertiary/aromatic N) is 1. The fraction of sp³-hybridized carbons (Fsp3) is 0.476. The van der Waals surface area contributed by atoms with Crippen molar-refractivity contribution in [2.24, 2.45) is 4.99 Å². The molecule has 0 aliphatic carbocycles. The molecule has 1 aromatic heterocycles. The number of aliphatic imine (C=N–C) groups is 1. The second kappa shape index (κ2) is 11.6. The van der Waals surface area contributed by atoms with Crippen LogP contribution in [0.1, 0.15) is 24.6 Å². The van der Waals surface area contributed by atoms with Gasteiger partial charge in [-0.1, -0.05) is 6.07 Å². The predicted molar refractivity (Wildman–Crippen MR) is 115 cm³/mol. The van der Waals surface area contributed by atoms with Crippen LogP contribution in [-0.4, -0.2) is 45.5 Å². The van der Waals surface area contributed by atoms with Gasteiger partial charge in [-0.3, -0.25) is 4.99 Å². The Balaban J connectivity index is 1.60. The van der Waals surface area contributed by atoms with E-state index < -0.39 is 0 Å². The zero-order valence-electron chi connectivity index (χ0n) is 16.4. The lowest BCUT2D eigenvalue weighted by Crippen LogP contribution is -2.32. The first-order valence-electron chi connectivity index (χ1n) is 9.90. The molecule has 1 aliphatic heterocycles. The Labute approximate surface area is 170 Å². The van der Waals surface area contributed by atoms with Crippen molar-refractivity contribution >= 4 is 23.0 Å². The number of nitrogens with one attached hydrogen (secondary N) is 2. The number of rotatable bonds is 9. The molecule has 28 heavy (non-hydrogen) atoms. The summed E-state index contributed by atoms with van der Waals surface area (Å²) in [7, 11) is 0. The summed E-state index contributed by atoms with van der Waals surface area (Å²) in [5.41, 5.74) is 0.927. The number of benzene rings is 1. The van der Waals surface area contributed by atoms with E-state index in [2.05, 4.69) is 33.1 Å². The van der Waals surface area contributed by atoms with Gasteiger partial charge in [0.05, 0.1) is 13.2 Å². The minimum absolute atomic E-state index is 0.674. The van der Waals surface area contributed by atoms with Crippen LogP contribution in [0, 0.1) is 0 Å². The number of guanidine groups is 1. The van der Waals surface area contributed by atoms with E-state index >= 15 is 0 Å². The summed E-state index contributed by atoms with van der Waals surface area (Å²) in [4.78, 5) is 6.05. The van der Waals surface area contributed by atoms with Crippen LogP contribution in [0.2, 0.25) is 0 Å². The van der Waals surface area contributed by atoms with Gasteiger partial charge in [0.2, 0.25) is 0 Å². The molecule has 0 atom stereocenters. The van der Waals surface area contributed by atoms with Crippen LogP contribution in [0.3, 0.4) is 0 Å². The highest BCUT2D eigenvalue weighted by molar-refractivity contribution is 7.09. The van der Waals surface area contributed by atoms with Gasteiger partial charge in [-0.05, 0) is 43.3 Å². The molecule has 0 saturated carbocycles. The fourth-order valence-electron chi connectivity index (χ4n) is 2.78. The fourth-order valence-corrected chi connectivity index (χ4v) is 3.49. The Hall–Kier alpha value is -2.25. The first-order chi connectivity index (χ1) is 13.8. The molecule has 6 nitrogen and oxygen atoms in total. The molecule has 2 heterocycles. The van der Waals surface area contributed by atoms with Crippen molar-refractivity contribution in [3.63, 3.8) is 0 Å². The normalized spacial score (nSPS) is 13.8. The Morgan fingerprint density at radius 1 is 1.21 bits per heavy atom. The van der Waals surface area contributed by atoms with Crippen LogP contribution in [0.25, 0.3) is 0 Å². The third kappa shape index (κ3) is 6.73. The Morgan fingerprint density at radius 2 is 2.11 bits per heavy atom. The summed E-state index contributed by atoms with van der Waals surface area (Å²) in [6.07, 6.45) is 2.76. The molecule has 0 fully saturated rings. The second-order valence-corrected chi connectivity index (χ2v) is 7.41. The van der Waals surface area contributed by atoms with Gasteiger partial charge in [-0.25, -0.2) is 0 Å². The molecule has 0 spiro atoms. The van der Waals surface area contributed by atoms with Gasteiger partial charge in [0.1, 0.15) is 0 Å². The van der Waals surface area contributed by atoms with Crippen molar-refractivity contribution in [3.05, 3.63) is 40.6 Å². The Bertz CT molecular complexity index is 735. The average Bonchev–Trinajstić information content (AvgIpc) is 3.11. The monoisotopic (exact) mass is 403 g/mol. The maximum Gasteiger partial charge on any atom is 0.195 e. The first kappa shape index (κ1) is 20.5. The topological polar surface area (TPSA) is 64.1 Å². The van der Waals surface area contributed by atoms with E-state index in [0.717, 1.165) is 62.2 Å². The zero-order chi connectivity index (χ0) is 19.4. The minimum atomic E-state index is 0.674. The molecule has 3 rings (SSSR count). The number of anilines is 1. The van der Waals surface area contributed by atoms with E-state index in [1.54, 1.807) is 11.3 Å². The predicted octanol–water partition coefficient (Wildman–Crippen LogP) is 3.94. The zero-order valence-corrected chi connectivity index (χ0v) is 17.2. The van der Waals surface area contributed by atoms with Gasteiger partial charge in [0.25, 0.3) is 0 Å². The number of thiophene rings is 1. The molecule has 0 bridgehead atoms. The smallest absolute Gasteiger partial charge is 0.195 e. The third-order valence-corrected chi connectivity index (χ3v) is 5.11. The van der Waals surface area contributed by atoms with Gasteiger partial charge < -0.3 is 24.8 Å². The molecule has 1 aliphatic rings. The SMILES string of the molecule is CCOCCCN=C(NCCc1cccs1)Nc1ccc2c(c1)OCCCO2. The largest absolute Gasteiger partial charge is 0.490 e. The van der Waals surface area contributed by atoms with Crippen molar-refractivity contribution in [3.8, 4) is 11.5 Å². The molecular formula is C21H29N3O3S. The lowest BCUT2D eigenvalue weighted by molar-refractivity contribution is 0.146. The molecular weight excluding hydrogens is 374 g/mol. The highest BCUT2D eigenvalue weighted by atomic mass is 32.1. The van der Waals surface area contributed by atoms with Crippen molar-refractivity contribution < 1.29 is 14.2 Å². The molecule has 0 unspecified atom stereocenters. The minimum Gasteiger partial charge on any atom is -0.490 e. The molecule has 0 amide bonds. The molecule has 1 aromatic carbocycles. The summed E-state index contributed by atoms with van der Waals surface area (Å²) >= 11 is 1.78. The lowest BCUT2D eigenvalue weighted by Gasteiger charge is -2.14. The van der Waals surface area contributed by atoms with Crippen LogP contribution in [-0.2, 0) is 11.2 Å². The van der Waals surface area contributed by atoms with Gasteiger partial charge in [0, 0.05) is 49.4 Å². The lowest BCUT2D eigenvalue weighted by atomic mass is 10.2. The van der Waals surface area contributed by atoms with Crippen molar-refractivity contribution in [1.82, 2.24) is 5.32 Å². The number of hydrogen-bond donors (Lipinski definition) is 2. The summed E-state index contributed by atoms with van der Waals surface area (Å²) in [5, 5.41) is 8.91. The van der Waals surface area contributed by atoms with Crippen LogP contribution in [0.4, 0.5) is 5.69 Å². The molecule has 2 N–H and O–H groups in total. The number of ether oxygens (including phenoxy) is 3. The van der Waals surface area contributed by atoms with E-state index in [1.807, 2.05) is 25.1 Å². The van der Waals surface area contributed by atoms with Crippen LogP contribution >= 0.6 is 11.3 Å². The van der Waals surface area contributed by atoms with Crippen LogP contribution in [0.15, 0.2) is 40.7 Å². The quantitative estimate of drug-likeness (QED) is 0.377. The summed E-state index contributed by atoms with van der Waals surface area (Å²) < 4.78 is 16.9. The second-order valence-electron chi connectivity index (χ2n) is 6.37.